The van der Waals surface area contributed by atoms with Crippen LogP contribution in [0.5, 0.6) is 0 Å². The quantitative estimate of drug-likeness (QED) is 0.0622. The molecule has 2 radical (unpaired) electrons. The van der Waals surface area contributed by atoms with Crippen LogP contribution in [0, 0.1) is 22.7 Å². The molecule has 0 fully saturated rings. The molecular formula is C48H58Cu2N6O2. The number of aliphatic imine (C=N–C) groups is 2. The first-order chi connectivity index (χ1) is 26.4. The second-order valence-electron chi connectivity index (χ2n) is 12.7. The molecule has 58 heavy (non-hydrogen) atoms. The maximum atomic E-state index is 9.52. The van der Waals surface area contributed by atoms with Gasteiger partial charge in [0.1, 0.15) is 0 Å². The summed E-state index contributed by atoms with van der Waals surface area (Å²) in [6.07, 6.45) is 13.9. The second-order valence-corrected chi connectivity index (χ2v) is 12.7. The van der Waals surface area contributed by atoms with Crippen LogP contribution in [0.2, 0.25) is 0 Å². The SMILES string of the molecule is CCc1cccc(CC)c1N=C/C(C#N)=C\[N-]c1c(CC)cccc1CC.CCc1cccc(CC)c1N=C/C(C#N)=C\[N-]c1c(CC)cccc1CC.[Cu+2].[Cu+2].[OH-].[OH-]. The van der Waals surface area contributed by atoms with Crippen LogP contribution >= 0.6 is 0 Å². The topological polar surface area (TPSA) is 160 Å². The predicted molar refractivity (Wildman–Crippen MR) is 234 cm³/mol. The van der Waals surface area contributed by atoms with Crippen LogP contribution < -0.4 is 0 Å². The van der Waals surface area contributed by atoms with Gasteiger partial charge in [-0.05, 0) is 73.6 Å². The van der Waals surface area contributed by atoms with Crippen LogP contribution in [0.4, 0.5) is 22.7 Å². The normalized spacial score (nSPS) is 10.8. The fourth-order valence-corrected chi connectivity index (χ4v) is 6.24. The molecule has 0 aliphatic heterocycles. The number of aryl methyl sites for hydroxylation is 8. The molecule has 0 saturated carbocycles. The average Bonchev–Trinajstić information content (AvgIpc) is 3.23. The number of rotatable bonds is 16. The van der Waals surface area contributed by atoms with E-state index in [-0.39, 0.29) is 45.1 Å². The van der Waals surface area contributed by atoms with Gasteiger partial charge in [0.15, 0.2) is 0 Å². The zero-order valence-corrected chi connectivity index (χ0v) is 37.0. The third-order valence-electron chi connectivity index (χ3n) is 9.45. The van der Waals surface area contributed by atoms with E-state index in [9.17, 15) is 10.5 Å². The maximum absolute atomic E-state index is 9.52. The molecule has 0 saturated heterocycles. The predicted octanol–water partition coefficient (Wildman–Crippen LogP) is 13.1. The van der Waals surface area contributed by atoms with Gasteiger partial charge in [0, 0.05) is 23.6 Å². The minimum Gasteiger partial charge on any atom is -0.870 e. The van der Waals surface area contributed by atoms with Crippen molar-refractivity contribution in [1.82, 2.24) is 0 Å². The Morgan fingerprint density at radius 2 is 0.672 bits per heavy atom. The Kier molecular flexibility index (Phi) is 28.9. The Hall–Kier alpha value is -4.76. The first-order valence-corrected chi connectivity index (χ1v) is 19.5. The standard InChI is InChI=1S/2C24H28N3.2Cu.2H2O/c2*1-5-19-11-9-12-20(6-2)23(19)26-16-18(15-25)17-27-24-21(7-3)13-10-14-22(24)8-4;;;;/h2*9-14,16-17H,5-8H2,1-4H3;;;2*1H2/q2*-1;2*+2;;/p-2/b2*18-16-,27-17?;;;;. The number of benzene rings is 4. The Morgan fingerprint density at radius 1 is 0.448 bits per heavy atom. The first kappa shape index (κ1) is 55.3. The molecule has 0 atom stereocenters. The maximum Gasteiger partial charge on any atom is 2.00 e. The van der Waals surface area contributed by atoms with Gasteiger partial charge in [-0.3, -0.25) is 9.98 Å². The van der Waals surface area contributed by atoms with Crippen molar-refractivity contribution in [2.24, 2.45) is 9.98 Å². The molecule has 4 aromatic carbocycles. The fourth-order valence-electron chi connectivity index (χ4n) is 6.24. The van der Waals surface area contributed by atoms with Crippen molar-refractivity contribution in [3.05, 3.63) is 151 Å². The van der Waals surface area contributed by atoms with E-state index in [1.807, 2.05) is 0 Å². The van der Waals surface area contributed by atoms with Crippen LogP contribution in [-0.4, -0.2) is 23.4 Å². The van der Waals surface area contributed by atoms with E-state index in [4.69, 9.17) is 0 Å². The number of allylic oxidation sites excluding steroid dienone is 2. The van der Waals surface area contributed by atoms with Gasteiger partial charge in [0.25, 0.3) is 0 Å². The van der Waals surface area contributed by atoms with Gasteiger partial charge in [-0.2, -0.15) is 22.9 Å². The van der Waals surface area contributed by atoms with Gasteiger partial charge in [-0.15, -0.1) is 11.4 Å². The Morgan fingerprint density at radius 3 is 0.879 bits per heavy atom. The summed E-state index contributed by atoms with van der Waals surface area (Å²) in [6.45, 7) is 17.0. The van der Waals surface area contributed by atoms with Crippen molar-refractivity contribution in [3.8, 4) is 12.1 Å². The smallest absolute Gasteiger partial charge is 0.870 e. The van der Waals surface area contributed by atoms with E-state index in [0.717, 1.165) is 74.1 Å². The summed E-state index contributed by atoms with van der Waals surface area (Å²) in [5, 5.41) is 28.3. The Balaban J connectivity index is 0. The van der Waals surface area contributed by atoms with Gasteiger partial charge >= 0.3 is 34.1 Å². The van der Waals surface area contributed by atoms with Crippen LogP contribution in [0.3, 0.4) is 0 Å². The Labute approximate surface area is 369 Å². The van der Waals surface area contributed by atoms with E-state index in [1.165, 1.54) is 44.5 Å². The third-order valence-corrected chi connectivity index (χ3v) is 9.45. The summed E-state index contributed by atoms with van der Waals surface area (Å²) < 4.78 is 0. The molecule has 4 rings (SSSR count). The first-order valence-electron chi connectivity index (χ1n) is 19.5. The van der Waals surface area contributed by atoms with E-state index in [0.29, 0.717) is 11.1 Å². The number of para-hydroxylation sites is 4. The molecule has 2 N–H and O–H groups in total. The molecule has 0 unspecified atom stereocenters. The van der Waals surface area contributed by atoms with Gasteiger partial charge in [0.2, 0.25) is 0 Å². The number of hydrogen-bond acceptors (Lipinski definition) is 6. The van der Waals surface area contributed by atoms with Gasteiger partial charge < -0.3 is 21.6 Å². The molecule has 0 bridgehead atoms. The minimum absolute atomic E-state index is 0. The van der Waals surface area contributed by atoms with Crippen LogP contribution in [0.1, 0.15) is 99.9 Å². The van der Waals surface area contributed by atoms with E-state index in [2.05, 4.69) is 161 Å². The summed E-state index contributed by atoms with van der Waals surface area (Å²) >= 11 is 0. The molecule has 0 aliphatic rings. The zero-order chi connectivity index (χ0) is 39.3. The van der Waals surface area contributed by atoms with Gasteiger partial charge in [-0.25, -0.2) is 0 Å². The van der Waals surface area contributed by atoms with Crippen molar-refractivity contribution < 1.29 is 45.1 Å². The van der Waals surface area contributed by atoms with Crippen LogP contribution in [0.15, 0.2) is 106 Å². The zero-order valence-electron chi connectivity index (χ0n) is 35.1. The molecule has 8 nitrogen and oxygen atoms in total. The van der Waals surface area contributed by atoms with Crippen molar-refractivity contribution in [2.75, 3.05) is 0 Å². The molecule has 0 aliphatic carbocycles. The van der Waals surface area contributed by atoms with Crippen molar-refractivity contribution in [2.45, 2.75) is 107 Å². The molecule has 314 valence electrons. The monoisotopic (exact) mass is 876 g/mol. The van der Waals surface area contributed by atoms with E-state index >= 15 is 0 Å². The average molecular weight is 878 g/mol. The summed E-state index contributed by atoms with van der Waals surface area (Å²) in [7, 11) is 0. The summed E-state index contributed by atoms with van der Waals surface area (Å²) in [5.41, 5.74) is 14.4. The van der Waals surface area contributed by atoms with Gasteiger partial charge in [0.05, 0.1) is 23.5 Å². The fraction of sp³-hybridized carbons (Fsp3) is 0.333. The number of hydrogen-bond donors (Lipinski definition) is 0. The molecular weight excluding hydrogens is 820 g/mol. The van der Waals surface area contributed by atoms with Gasteiger partial charge in [-0.1, -0.05) is 150 Å². The van der Waals surface area contributed by atoms with Crippen LogP contribution in [0.25, 0.3) is 10.6 Å². The summed E-state index contributed by atoms with van der Waals surface area (Å²) in [6, 6.07) is 29.5. The largest absolute Gasteiger partial charge is 2.00 e. The van der Waals surface area contributed by atoms with E-state index < -0.39 is 0 Å². The third kappa shape index (κ3) is 15.5. The minimum atomic E-state index is 0. The van der Waals surface area contributed by atoms with Crippen LogP contribution in [-0.2, 0) is 85.5 Å². The summed E-state index contributed by atoms with van der Waals surface area (Å²) in [5.74, 6) is 0. The van der Waals surface area contributed by atoms with Crippen molar-refractivity contribution in [3.63, 3.8) is 0 Å². The van der Waals surface area contributed by atoms with Crippen molar-refractivity contribution >= 4 is 35.2 Å². The Bertz CT molecular complexity index is 1820. The second kappa shape index (κ2) is 30.3. The van der Waals surface area contributed by atoms with E-state index in [1.54, 1.807) is 24.8 Å². The van der Waals surface area contributed by atoms with Crippen molar-refractivity contribution in [1.29, 1.82) is 10.5 Å². The summed E-state index contributed by atoms with van der Waals surface area (Å²) in [4.78, 5) is 9.28. The molecule has 0 aromatic heterocycles. The molecule has 10 heteroatoms. The molecule has 0 spiro atoms. The molecule has 0 heterocycles. The number of nitriles is 2. The molecule has 4 aromatic rings. The molecule has 0 amide bonds. The number of nitrogens with zero attached hydrogens (tertiary/aromatic N) is 6.